The van der Waals surface area contributed by atoms with Gasteiger partial charge in [0, 0.05) is 11.9 Å². The molecule has 0 spiro atoms. The van der Waals surface area contributed by atoms with Crippen molar-refractivity contribution in [3.05, 3.63) is 46.6 Å². The highest BCUT2D eigenvalue weighted by atomic mass is 35.5. The molecule has 0 saturated heterocycles. The summed E-state index contributed by atoms with van der Waals surface area (Å²) in [6, 6.07) is 7.06. The molecule has 1 amide bonds. The summed E-state index contributed by atoms with van der Waals surface area (Å²) < 4.78 is 5.33. The molecule has 7 heteroatoms. The molecule has 1 aromatic heterocycles. The van der Waals surface area contributed by atoms with Gasteiger partial charge in [0.25, 0.3) is 0 Å². The minimum absolute atomic E-state index is 0.126. The van der Waals surface area contributed by atoms with Crippen molar-refractivity contribution in [2.75, 3.05) is 0 Å². The Labute approximate surface area is 139 Å². The van der Waals surface area contributed by atoms with E-state index in [0.29, 0.717) is 23.2 Å². The van der Waals surface area contributed by atoms with E-state index in [1.807, 2.05) is 12.1 Å². The molecule has 0 aliphatic heterocycles. The molecule has 23 heavy (non-hydrogen) atoms. The molecule has 1 atom stereocenters. The number of nitrogens with one attached hydrogen (secondary N) is 1. The van der Waals surface area contributed by atoms with Crippen LogP contribution in [0.2, 0.25) is 5.02 Å². The average molecular weight is 335 g/mol. The van der Waals surface area contributed by atoms with Gasteiger partial charge in [0.05, 0.1) is 18.0 Å². The lowest BCUT2D eigenvalue weighted by Crippen LogP contribution is -2.44. The van der Waals surface area contributed by atoms with E-state index in [1.165, 1.54) is 6.92 Å². The van der Waals surface area contributed by atoms with Crippen LogP contribution in [0.25, 0.3) is 0 Å². The van der Waals surface area contributed by atoms with Gasteiger partial charge in [-0.15, -0.1) is 0 Å². The smallest absolute Gasteiger partial charge is 0.229 e. The van der Waals surface area contributed by atoms with Crippen LogP contribution >= 0.6 is 11.6 Å². The van der Waals surface area contributed by atoms with E-state index in [9.17, 15) is 4.79 Å². The summed E-state index contributed by atoms with van der Waals surface area (Å²) in [6.07, 6.45) is 3.24. The molecule has 0 radical (unpaired) electrons. The molecule has 1 saturated carbocycles. The molecule has 1 heterocycles. The van der Waals surface area contributed by atoms with Crippen LogP contribution in [0.4, 0.5) is 0 Å². The minimum atomic E-state index is -0.453. The maximum absolute atomic E-state index is 11.5. The standard InChI is InChI=1S/C16H19ClN4O2/c1-10(22)19-13(11-3-5-12(17)6-4-11)9-14-20-15(21-23-14)16(18)7-2-8-16/h3-6,13H,2,7-9,18H2,1H3,(H,19,22). The number of rotatable bonds is 5. The van der Waals surface area contributed by atoms with Gasteiger partial charge in [-0.25, -0.2) is 0 Å². The fourth-order valence-corrected chi connectivity index (χ4v) is 2.81. The summed E-state index contributed by atoms with van der Waals surface area (Å²) in [7, 11) is 0. The molecule has 1 aromatic carbocycles. The third-order valence-corrected chi connectivity index (χ3v) is 4.44. The van der Waals surface area contributed by atoms with Crippen molar-refractivity contribution in [2.45, 2.75) is 44.2 Å². The first kappa shape index (κ1) is 16.0. The molecular weight excluding hydrogens is 316 g/mol. The maximum Gasteiger partial charge on any atom is 0.229 e. The molecule has 2 aromatic rings. The lowest BCUT2D eigenvalue weighted by Gasteiger charge is -2.34. The highest BCUT2D eigenvalue weighted by Gasteiger charge is 2.39. The molecule has 1 aliphatic carbocycles. The first-order chi connectivity index (χ1) is 11.0. The number of nitrogens with two attached hydrogens (primary N) is 1. The number of carbonyl (C=O) groups excluding carboxylic acids is 1. The van der Waals surface area contributed by atoms with Gasteiger partial charge in [-0.05, 0) is 37.0 Å². The third kappa shape index (κ3) is 3.54. The van der Waals surface area contributed by atoms with Crippen molar-refractivity contribution in [3.63, 3.8) is 0 Å². The second-order valence-corrected chi connectivity index (χ2v) is 6.47. The molecule has 3 N–H and O–H groups in total. The van der Waals surface area contributed by atoms with Gasteiger partial charge >= 0.3 is 0 Å². The van der Waals surface area contributed by atoms with Crippen LogP contribution in [-0.2, 0) is 16.8 Å². The Hall–Kier alpha value is -1.92. The molecule has 1 fully saturated rings. The van der Waals surface area contributed by atoms with E-state index in [2.05, 4.69) is 15.5 Å². The zero-order valence-corrected chi connectivity index (χ0v) is 13.6. The zero-order valence-electron chi connectivity index (χ0n) is 12.9. The summed E-state index contributed by atoms with van der Waals surface area (Å²) >= 11 is 5.92. The topological polar surface area (TPSA) is 94.0 Å². The van der Waals surface area contributed by atoms with Gasteiger partial charge in [-0.1, -0.05) is 28.9 Å². The second kappa shape index (κ2) is 6.29. The molecule has 6 nitrogen and oxygen atoms in total. The van der Waals surface area contributed by atoms with Crippen LogP contribution in [0, 0.1) is 0 Å². The Morgan fingerprint density at radius 2 is 2.13 bits per heavy atom. The monoisotopic (exact) mass is 334 g/mol. The van der Waals surface area contributed by atoms with E-state index in [0.717, 1.165) is 24.8 Å². The van der Waals surface area contributed by atoms with Gasteiger partial charge in [-0.3, -0.25) is 4.79 Å². The highest BCUT2D eigenvalue weighted by molar-refractivity contribution is 6.30. The van der Waals surface area contributed by atoms with E-state index >= 15 is 0 Å². The molecular formula is C16H19ClN4O2. The lowest BCUT2D eigenvalue weighted by molar-refractivity contribution is -0.119. The zero-order chi connectivity index (χ0) is 16.4. The summed E-state index contributed by atoms with van der Waals surface area (Å²) in [5, 5.41) is 7.55. The predicted molar refractivity (Wildman–Crippen MR) is 85.7 cm³/mol. The minimum Gasteiger partial charge on any atom is -0.349 e. The predicted octanol–water partition coefficient (Wildman–Crippen LogP) is 2.48. The molecule has 0 bridgehead atoms. The first-order valence-electron chi connectivity index (χ1n) is 7.61. The van der Waals surface area contributed by atoms with Gasteiger partial charge in [0.1, 0.15) is 0 Å². The first-order valence-corrected chi connectivity index (χ1v) is 7.98. The number of hydrogen-bond acceptors (Lipinski definition) is 5. The maximum atomic E-state index is 11.5. The number of carbonyl (C=O) groups is 1. The Morgan fingerprint density at radius 3 is 2.70 bits per heavy atom. The van der Waals surface area contributed by atoms with Gasteiger partial charge in [0.2, 0.25) is 11.8 Å². The Morgan fingerprint density at radius 1 is 1.43 bits per heavy atom. The lowest BCUT2D eigenvalue weighted by atomic mass is 9.77. The second-order valence-electron chi connectivity index (χ2n) is 6.03. The SMILES string of the molecule is CC(=O)NC(Cc1nc(C2(N)CCC2)no1)c1ccc(Cl)cc1. The molecule has 122 valence electrons. The Kier molecular flexibility index (Phi) is 4.37. The summed E-state index contributed by atoms with van der Waals surface area (Å²) in [4.78, 5) is 15.9. The van der Waals surface area contributed by atoms with Crippen molar-refractivity contribution < 1.29 is 9.32 Å². The fraction of sp³-hybridized carbons (Fsp3) is 0.438. The number of hydrogen-bond donors (Lipinski definition) is 2. The van der Waals surface area contributed by atoms with Crippen LogP contribution in [0.5, 0.6) is 0 Å². The summed E-state index contributed by atoms with van der Waals surface area (Å²) in [5.74, 6) is 0.890. The van der Waals surface area contributed by atoms with Gasteiger partial charge < -0.3 is 15.6 Å². The number of amides is 1. The third-order valence-electron chi connectivity index (χ3n) is 4.19. The van der Waals surface area contributed by atoms with Crippen LogP contribution < -0.4 is 11.1 Å². The summed E-state index contributed by atoms with van der Waals surface area (Å²) in [6.45, 7) is 1.48. The van der Waals surface area contributed by atoms with E-state index in [-0.39, 0.29) is 11.9 Å². The molecule has 3 rings (SSSR count). The normalized spacial score (nSPS) is 17.3. The van der Waals surface area contributed by atoms with Crippen molar-refractivity contribution in [1.82, 2.24) is 15.5 Å². The number of aromatic nitrogens is 2. The fourth-order valence-electron chi connectivity index (χ4n) is 2.69. The largest absolute Gasteiger partial charge is 0.349 e. The summed E-state index contributed by atoms with van der Waals surface area (Å²) in [5.41, 5.74) is 6.68. The molecule has 1 aliphatic rings. The Balaban J connectivity index is 1.78. The quantitative estimate of drug-likeness (QED) is 0.876. The van der Waals surface area contributed by atoms with E-state index < -0.39 is 5.54 Å². The van der Waals surface area contributed by atoms with Crippen molar-refractivity contribution in [2.24, 2.45) is 5.73 Å². The van der Waals surface area contributed by atoms with E-state index in [1.54, 1.807) is 12.1 Å². The van der Waals surface area contributed by atoms with Crippen LogP contribution in [0.3, 0.4) is 0 Å². The van der Waals surface area contributed by atoms with Crippen molar-refractivity contribution >= 4 is 17.5 Å². The van der Waals surface area contributed by atoms with Gasteiger partial charge in [-0.2, -0.15) is 4.98 Å². The van der Waals surface area contributed by atoms with Crippen molar-refractivity contribution in [1.29, 1.82) is 0 Å². The van der Waals surface area contributed by atoms with Crippen molar-refractivity contribution in [3.8, 4) is 0 Å². The van der Waals surface area contributed by atoms with Crippen LogP contribution in [-0.4, -0.2) is 16.0 Å². The average Bonchev–Trinajstić information content (AvgIpc) is 2.93. The number of benzene rings is 1. The van der Waals surface area contributed by atoms with E-state index in [4.69, 9.17) is 21.9 Å². The molecule has 1 unspecified atom stereocenters. The Bertz CT molecular complexity index is 694. The van der Waals surface area contributed by atoms with Crippen LogP contribution in [0.15, 0.2) is 28.8 Å². The van der Waals surface area contributed by atoms with Crippen LogP contribution in [0.1, 0.15) is 49.5 Å². The number of nitrogens with zero attached hydrogens (tertiary/aromatic N) is 2. The number of halogens is 1. The van der Waals surface area contributed by atoms with Gasteiger partial charge in [0.15, 0.2) is 5.82 Å². The highest BCUT2D eigenvalue weighted by Crippen LogP contribution is 2.37.